The molecule has 0 saturated heterocycles. The Balaban J connectivity index is 2.48. The fourth-order valence-corrected chi connectivity index (χ4v) is 2.00. The van der Waals surface area contributed by atoms with Crippen LogP contribution in [0.4, 0.5) is 15.8 Å². The molecule has 0 amide bonds. The van der Waals surface area contributed by atoms with E-state index in [0.29, 0.717) is 0 Å². The molecule has 0 atom stereocenters. The molecule has 0 heterocycles. The Morgan fingerprint density at radius 3 is 2.68 bits per heavy atom. The van der Waals surface area contributed by atoms with Crippen molar-refractivity contribution in [3.63, 3.8) is 0 Å². The van der Waals surface area contributed by atoms with Crippen LogP contribution < -0.4 is 4.90 Å². The first-order chi connectivity index (χ1) is 8.90. The van der Waals surface area contributed by atoms with Crippen molar-refractivity contribution in [1.82, 2.24) is 0 Å². The quantitative estimate of drug-likeness (QED) is 0.664. The highest BCUT2D eigenvalue weighted by Gasteiger charge is 2.35. The van der Waals surface area contributed by atoms with Gasteiger partial charge < -0.3 is 10.0 Å². The van der Waals surface area contributed by atoms with Gasteiger partial charge in [0.15, 0.2) is 0 Å². The first-order valence-corrected chi connectivity index (χ1v) is 5.90. The predicted molar refractivity (Wildman–Crippen MR) is 66.1 cm³/mol. The zero-order chi connectivity index (χ0) is 14.2. The van der Waals surface area contributed by atoms with Crippen molar-refractivity contribution >= 4 is 28.9 Å². The summed E-state index contributed by atoms with van der Waals surface area (Å²) in [5.41, 5.74) is -0.434. The molecule has 0 bridgehead atoms. The third-order valence-corrected chi connectivity index (χ3v) is 3.11. The molecule has 0 unspecified atom stereocenters. The molecule has 1 aliphatic carbocycles. The number of hydrogen-bond donors (Lipinski definition) is 1. The van der Waals surface area contributed by atoms with E-state index in [1.165, 1.54) is 4.90 Å². The summed E-state index contributed by atoms with van der Waals surface area (Å²) in [6, 6.07) is 1.75. The van der Waals surface area contributed by atoms with E-state index >= 15 is 0 Å². The minimum absolute atomic E-state index is 0.0429. The molecule has 102 valence electrons. The Bertz CT molecular complexity index is 548. The van der Waals surface area contributed by atoms with E-state index in [2.05, 4.69) is 0 Å². The number of nitro groups is 1. The van der Waals surface area contributed by atoms with Crippen LogP contribution in [0.5, 0.6) is 0 Å². The number of carboxylic acid groups (broad SMARTS) is 1. The molecule has 1 aromatic rings. The van der Waals surface area contributed by atoms with Gasteiger partial charge in [-0.3, -0.25) is 14.9 Å². The van der Waals surface area contributed by atoms with Crippen LogP contribution in [-0.2, 0) is 4.79 Å². The third-order valence-electron chi connectivity index (χ3n) is 2.82. The molecular formula is C11H10ClFN2O4. The Morgan fingerprint density at radius 1 is 1.58 bits per heavy atom. The molecule has 1 fully saturated rings. The van der Waals surface area contributed by atoms with Crippen molar-refractivity contribution in [2.75, 3.05) is 11.4 Å². The van der Waals surface area contributed by atoms with Crippen molar-refractivity contribution in [3.8, 4) is 0 Å². The van der Waals surface area contributed by atoms with E-state index in [-0.39, 0.29) is 23.3 Å². The zero-order valence-corrected chi connectivity index (χ0v) is 10.4. The monoisotopic (exact) mass is 288 g/mol. The van der Waals surface area contributed by atoms with Gasteiger partial charge >= 0.3 is 5.97 Å². The normalized spacial score (nSPS) is 14.2. The van der Waals surface area contributed by atoms with Gasteiger partial charge in [-0.1, -0.05) is 11.6 Å². The van der Waals surface area contributed by atoms with Gasteiger partial charge in [0.2, 0.25) is 0 Å². The van der Waals surface area contributed by atoms with Crippen molar-refractivity contribution < 1.29 is 19.2 Å². The lowest BCUT2D eigenvalue weighted by atomic mass is 10.2. The van der Waals surface area contributed by atoms with Crippen LogP contribution >= 0.6 is 11.6 Å². The number of nitrogens with zero attached hydrogens (tertiary/aromatic N) is 2. The number of anilines is 1. The maximum Gasteiger partial charge on any atom is 0.323 e. The van der Waals surface area contributed by atoms with Gasteiger partial charge in [-0.15, -0.1) is 0 Å². The first kappa shape index (κ1) is 13.5. The number of benzene rings is 1. The van der Waals surface area contributed by atoms with Crippen molar-refractivity contribution in [2.45, 2.75) is 18.9 Å². The molecule has 2 rings (SSSR count). The van der Waals surface area contributed by atoms with E-state index < -0.39 is 22.4 Å². The molecule has 1 N–H and O–H groups in total. The number of hydrogen-bond acceptors (Lipinski definition) is 4. The third kappa shape index (κ3) is 2.93. The smallest absolute Gasteiger partial charge is 0.323 e. The first-order valence-electron chi connectivity index (χ1n) is 5.52. The summed E-state index contributed by atoms with van der Waals surface area (Å²) in [5.74, 6) is -2.01. The maximum atomic E-state index is 13.3. The Labute approximate surface area is 112 Å². The Kier molecular flexibility index (Phi) is 3.57. The fraction of sp³-hybridized carbons (Fsp3) is 0.364. The molecule has 0 aliphatic heterocycles. The van der Waals surface area contributed by atoms with Crippen LogP contribution in [0.25, 0.3) is 0 Å². The summed E-state index contributed by atoms with van der Waals surface area (Å²) < 4.78 is 13.3. The SMILES string of the molecule is O=C(O)CN(c1cc(Cl)c(F)cc1[N+](=O)[O-])C1CC1. The number of halogens is 2. The van der Waals surface area contributed by atoms with Crippen LogP contribution in [0.3, 0.4) is 0 Å². The van der Waals surface area contributed by atoms with E-state index in [9.17, 15) is 19.3 Å². The van der Waals surface area contributed by atoms with E-state index in [0.717, 1.165) is 25.0 Å². The van der Waals surface area contributed by atoms with Crippen LogP contribution in [0.15, 0.2) is 12.1 Å². The van der Waals surface area contributed by atoms with Gasteiger partial charge in [0.1, 0.15) is 18.0 Å². The second-order valence-corrected chi connectivity index (χ2v) is 4.67. The van der Waals surface area contributed by atoms with E-state index in [4.69, 9.17) is 16.7 Å². The lowest BCUT2D eigenvalue weighted by molar-refractivity contribution is -0.384. The molecule has 1 aromatic carbocycles. The number of rotatable bonds is 5. The molecule has 1 aliphatic rings. The van der Waals surface area contributed by atoms with E-state index in [1.54, 1.807) is 0 Å². The standard InChI is InChI=1S/C11H10ClFN2O4/c12-7-3-9(10(15(18)19)4-8(7)13)14(5-11(16)17)6-1-2-6/h3-4,6H,1-2,5H2,(H,16,17). The molecule has 8 heteroatoms. The second kappa shape index (κ2) is 5.00. The number of carboxylic acids is 1. The zero-order valence-electron chi connectivity index (χ0n) is 9.68. The molecule has 19 heavy (non-hydrogen) atoms. The largest absolute Gasteiger partial charge is 0.480 e. The highest BCUT2D eigenvalue weighted by molar-refractivity contribution is 6.31. The van der Waals surface area contributed by atoms with Crippen LogP contribution in [0.1, 0.15) is 12.8 Å². The van der Waals surface area contributed by atoms with Crippen molar-refractivity contribution in [3.05, 3.63) is 33.1 Å². The average Bonchev–Trinajstić information content (AvgIpc) is 3.12. The highest BCUT2D eigenvalue weighted by atomic mass is 35.5. The average molecular weight is 289 g/mol. The summed E-state index contributed by atoms with van der Waals surface area (Å²) in [6.07, 6.45) is 1.50. The molecule has 6 nitrogen and oxygen atoms in total. The maximum absolute atomic E-state index is 13.3. The Hall–Kier alpha value is -1.89. The topological polar surface area (TPSA) is 83.7 Å². The minimum atomic E-state index is -1.11. The minimum Gasteiger partial charge on any atom is -0.480 e. The van der Waals surface area contributed by atoms with Gasteiger partial charge in [-0.2, -0.15) is 0 Å². The summed E-state index contributed by atoms with van der Waals surface area (Å²) in [5, 5.41) is 19.5. The number of aliphatic carboxylic acids is 1. The summed E-state index contributed by atoms with van der Waals surface area (Å²) in [7, 11) is 0. The fourth-order valence-electron chi connectivity index (χ4n) is 1.85. The van der Waals surface area contributed by atoms with Crippen molar-refractivity contribution in [1.29, 1.82) is 0 Å². The number of carbonyl (C=O) groups is 1. The highest BCUT2D eigenvalue weighted by Crippen LogP contribution is 2.39. The molecule has 0 aromatic heterocycles. The van der Waals surface area contributed by atoms with Crippen LogP contribution in [0.2, 0.25) is 5.02 Å². The predicted octanol–water partition coefficient (Wildman–Crippen LogP) is 2.44. The van der Waals surface area contributed by atoms with Gasteiger partial charge in [-0.25, -0.2) is 4.39 Å². The molecule has 0 radical (unpaired) electrons. The van der Waals surface area contributed by atoms with Crippen LogP contribution in [0, 0.1) is 15.9 Å². The molecular weight excluding hydrogens is 279 g/mol. The van der Waals surface area contributed by atoms with Gasteiger partial charge in [-0.05, 0) is 18.9 Å². The van der Waals surface area contributed by atoms with Gasteiger partial charge in [0.25, 0.3) is 5.69 Å². The summed E-state index contributed by atoms with van der Waals surface area (Å²) in [6.45, 7) is -0.381. The second-order valence-electron chi connectivity index (χ2n) is 4.26. The van der Waals surface area contributed by atoms with Crippen LogP contribution in [-0.4, -0.2) is 28.6 Å². The van der Waals surface area contributed by atoms with Crippen molar-refractivity contribution in [2.24, 2.45) is 0 Å². The van der Waals surface area contributed by atoms with E-state index in [1.807, 2.05) is 0 Å². The summed E-state index contributed by atoms with van der Waals surface area (Å²) in [4.78, 5) is 22.4. The Morgan fingerprint density at radius 2 is 2.21 bits per heavy atom. The lowest BCUT2D eigenvalue weighted by Gasteiger charge is -2.22. The molecule has 1 saturated carbocycles. The van der Waals surface area contributed by atoms with Gasteiger partial charge in [0.05, 0.1) is 16.0 Å². The summed E-state index contributed by atoms with van der Waals surface area (Å²) >= 11 is 5.62. The number of nitro benzene ring substituents is 1. The lowest BCUT2D eigenvalue weighted by Crippen LogP contribution is -2.32. The molecule has 0 spiro atoms. The van der Waals surface area contributed by atoms with Gasteiger partial charge in [0, 0.05) is 6.04 Å².